The first-order chi connectivity index (χ1) is 13.7. The minimum absolute atomic E-state index is 0.0462. The molecule has 0 bridgehead atoms. The highest BCUT2D eigenvalue weighted by Gasteiger charge is 2.31. The van der Waals surface area contributed by atoms with Crippen molar-refractivity contribution in [2.24, 2.45) is 0 Å². The Morgan fingerprint density at radius 3 is 2.48 bits per heavy atom. The SMILES string of the molecule is C=Cc1cccc2c1c(=O)c(C(=O)OCC)nn2-c1ccc(OC(F)(F)F)cc1. The monoisotopic (exact) mass is 404 g/mol. The van der Waals surface area contributed by atoms with E-state index in [1.807, 2.05) is 0 Å². The van der Waals surface area contributed by atoms with Crippen LogP contribution in [-0.2, 0) is 4.74 Å². The molecule has 0 fully saturated rings. The van der Waals surface area contributed by atoms with Gasteiger partial charge < -0.3 is 9.47 Å². The number of benzene rings is 2. The molecule has 0 saturated carbocycles. The zero-order chi connectivity index (χ0) is 21.2. The molecule has 0 aliphatic rings. The van der Waals surface area contributed by atoms with Gasteiger partial charge in [0.15, 0.2) is 0 Å². The molecule has 1 aromatic heterocycles. The molecule has 2 aromatic carbocycles. The van der Waals surface area contributed by atoms with Crippen molar-refractivity contribution in [3.63, 3.8) is 0 Å². The van der Waals surface area contributed by atoms with Gasteiger partial charge in [-0.25, -0.2) is 9.48 Å². The van der Waals surface area contributed by atoms with E-state index in [9.17, 15) is 22.8 Å². The molecule has 9 heteroatoms. The van der Waals surface area contributed by atoms with Crippen LogP contribution in [0, 0.1) is 0 Å². The third kappa shape index (κ3) is 4.13. The first-order valence-corrected chi connectivity index (χ1v) is 8.47. The molecule has 0 radical (unpaired) electrons. The molecule has 0 N–H and O–H groups in total. The molecular formula is C20H15F3N2O4. The van der Waals surface area contributed by atoms with E-state index in [2.05, 4.69) is 16.4 Å². The van der Waals surface area contributed by atoms with Crippen molar-refractivity contribution in [1.82, 2.24) is 9.78 Å². The summed E-state index contributed by atoms with van der Waals surface area (Å²) in [5.41, 5.74) is 0.0824. The summed E-state index contributed by atoms with van der Waals surface area (Å²) in [5.74, 6) is -1.31. The van der Waals surface area contributed by atoms with E-state index < -0.39 is 29.2 Å². The minimum Gasteiger partial charge on any atom is -0.461 e. The van der Waals surface area contributed by atoms with Gasteiger partial charge in [-0.2, -0.15) is 5.10 Å². The topological polar surface area (TPSA) is 70.4 Å². The number of fused-ring (bicyclic) bond motifs is 1. The van der Waals surface area contributed by atoms with Crippen molar-refractivity contribution in [3.8, 4) is 11.4 Å². The lowest BCUT2D eigenvalue weighted by Gasteiger charge is -2.14. The van der Waals surface area contributed by atoms with Crippen LogP contribution in [0.25, 0.3) is 22.7 Å². The summed E-state index contributed by atoms with van der Waals surface area (Å²) in [6.45, 7) is 5.31. The van der Waals surface area contributed by atoms with Gasteiger partial charge in [-0.15, -0.1) is 13.2 Å². The fourth-order valence-corrected chi connectivity index (χ4v) is 2.79. The van der Waals surface area contributed by atoms with Crippen LogP contribution < -0.4 is 10.2 Å². The number of alkyl halides is 3. The number of nitrogens with zero attached hydrogens (tertiary/aromatic N) is 2. The summed E-state index contributed by atoms with van der Waals surface area (Å²) in [5, 5.41) is 4.29. The predicted molar refractivity (Wildman–Crippen MR) is 100 cm³/mol. The fourth-order valence-electron chi connectivity index (χ4n) is 2.79. The molecule has 0 aliphatic carbocycles. The third-order valence-electron chi connectivity index (χ3n) is 3.95. The number of rotatable bonds is 5. The highest BCUT2D eigenvalue weighted by Crippen LogP contribution is 2.25. The molecule has 0 atom stereocenters. The molecule has 0 unspecified atom stereocenters. The van der Waals surface area contributed by atoms with Crippen molar-refractivity contribution in [3.05, 3.63) is 70.5 Å². The number of hydrogen-bond donors (Lipinski definition) is 0. The lowest BCUT2D eigenvalue weighted by Crippen LogP contribution is -2.24. The first-order valence-electron chi connectivity index (χ1n) is 8.47. The average molecular weight is 404 g/mol. The molecule has 1 heterocycles. The van der Waals surface area contributed by atoms with Crippen molar-refractivity contribution in [2.45, 2.75) is 13.3 Å². The van der Waals surface area contributed by atoms with E-state index in [1.54, 1.807) is 25.1 Å². The van der Waals surface area contributed by atoms with Crippen molar-refractivity contribution >= 4 is 22.9 Å². The van der Waals surface area contributed by atoms with Crippen LogP contribution in [0.4, 0.5) is 13.2 Å². The van der Waals surface area contributed by atoms with Crippen LogP contribution in [0.1, 0.15) is 23.0 Å². The summed E-state index contributed by atoms with van der Waals surface area (Å²) in [7, 11) is 0. The van der Waals surface area contributed by atoms with E-state index >= 15 is 0 Å². The van der Waals surface area contributed by atoms with Gasteiger partial charge in [0.05, 0.1) is 23.2 Å². The lowest BCUT2D eigenvalue weighted by atomic mass is 10.1. The van der Waals surface area contributed by atoms with Gasteiger partial charge in [-0.05, 0) is 42.8 Å². The maximum atomic E-state index is 12.8. The number of aromatic nitrogens is 2. The molecule has 0 saturated heterocycles. The van der Waals surface area contributed by atoms with Gasteiger partial charge in [-0.1, -0.05) is 24.8 Å². The molecule has 0 aliphatic heterocycles. The van der Waals surface area contributed by atoms with Crippen LogP contribution in [0.15, 0.2) is 53.8 Å². The molecule has 3 aromatic rings. The Hall–Kier alpha value is -3.62. The van der Waals surface area contributed by atoms with E-state index in [0.717, 1.165) is 12.1 Å². The second kappa shape index (κ2) is 7.78. The van der Waals surface area contributed by atoms with Crippen molar-refractivity contribution in [2.75, 3.05) is 6.61 Å². The standard InChI is InChI=1S/C20H15F3N2O4/c1-3-12-6-5-7-15-16(12)18(26)17(19(27)28-4-2)24-25(15)13-8-10-14(11-9-13)29-20(21,22)23/h3,5-11H,1,4H2,2H3. The second-order valence-corrected chi connectivity index (χ2v) is 5.80. The number of carbonyl (C=O) groups excluding carboxylic acids is 1. The van der Waals surface area contributed by atoms with Gasteiger partial charge in [0.2, 0.25) is 11.1 Å². The van der Waals surface area contributed by atoms with Crippen molar-refractivity contribution < 1.29 is 27.4 Å². The minimum atomic E-state index is -4.82. The highest BCUT2D eigenvalue weighted by molar-refractivity contribution is 5.95. The molecule has 6 nitrogen and oxygen atoms in total. The Morgan fingerprint density at radius 1 is 1.21 bits per heavy atom. The Labute approximate surface area is 162 Å². The lowest BCUT2D eigenvalue weighted by molar-refractivity contribution is -0.274. The molecule has 0 amide bonds. The molecule has 150 valence electrons. The average Bonchev–Trinajstić information content (AvgIpc) is 2.67. The summed E-state index contributed by atoms with van der Waals surface area (Å²) < 4.78 is 47.2. The predicted octanol–water partition coefficient (Wildman–Crippen LogP) is 4.10. The van der Waals surface area contributed by atoms with E-state index in [0.29, 0.717) is 16.8 Å². The first kappa shape index (κ1) is 20.1. The Morgan fingerprint density at radius 2 is 1.90 bits per heavy atom. The zero-order valence-electron chi connectivity index (χ0n) is 15.2. The fraction of sp³-hybridized carbons (Fsp3) is 0.150. The van der Waals surface area contributed by atoms with Gasteiger partial charge >= 0.3 is 12.3 Å². The smallest absolute Gasteiger partial charge is 0.461 e. The van der Waals surface area contributed by atoms with E-state index in [4.69, 9.17) is 4.74 Å². The molecule has 0 spiro atoms. The van der Waals surface area contributed by atoms with Crippen LogP contribution in [-0.4, -0.2) is 28.7 Å². The zero-order valence-corrected chi connectivity index (χ0v) is 15.2. The normalized spacial score (nSPS) is 11.3. The number of esters is 1. The van der Waals surface area contributed by atoms with Gasteiger partial charge in [0.25, 0.3) is 0 Å². The summed E-state index contributed by atoms with van der Waals surface area (Å²) in [4.78, 5) is 25.1. The van der Waals surface area contributed by atoms with E-state index in [1.165, 1.54) is 22.9 Å². The maximum absolute atomic E-state index is 12.8. The molecule has 29 heavy (non-hydrogen) atoms. The third-order valence-corrected chi connectivity index (χ3v) is 3.95. The second-order valence-electron chi connectivity index (χ2n) is 5.80. The quantitative estimate of drug-likeness (QED) is 0.599. The highest BCUT2D eigenvalue weighted by atomic mass is 19.4. The number of hydrogen-bond acceptors (Lipinski definition) is 5. The Balaban J connectivity index is 2.24. The van der Waals surface area contributed by atoms with Crippen LogP contribution in [0.2, 0.25) is 0 Å². The summed E-state index contributed by atoms with van der Waals surface area (Å²) in [6, 6.07) is 9.79. The Kier molecular flexibility index (Phi) is 5.40. The van der Waals surface area contributed by atoms with Gasteiger partial charge in [0.1, 0.15) is 5.75 Å². The largest absolute Gasteiger partial charge is 0.573 e. The molecular weight excluding hydrogens is 389 g/mol. The van der Waals surface area contributed by atoms with E-state index in [-0.39, 0.29) is 12.0 Å². The molecule has 3 rings (SSSR count). The van der Waals surface area contributed by atoms with Gasteiger partial charge in [0, 0.05) is 0 Å². The van der Waals surface area contributed by atoms with Crippen LogP contribution in [0.5, 0.6) is 5.75 Å². The summed E-state index contributed by atoms with van der Waals surface area (Å²) >= 11 is 0. The van der Waals surface area contributed by atoms with Gasteiger partial charge in [-0.3, -0.25) is 4.79 Å². The van der Waals surface area contributed by atoms with Crippen LogP contribution >= 0.6 is 0 Å². The summed E-state index contributed by atoms with van der Waals surface area (Å²) in [6.07, 6.45) is -3.36. The maximum Gasteiger partial charge on any atom is 0.573 e. The van der Waals surface area contributed by atoms with Crippen molar-refractivity contribution in [1.29, 1.82) is 0 Å². The van der Waals surface area contributed by atoms with Crippen LogP contribution in [0.3, 0.4) is 0 Å². The number of carbonyl (C=O) groups is 1. The Bertz CT molecular complexity index is 1140. The number of ether oxygens (including phenoxy) is 2. The number of halogens is 3.